The largest absolute Gasteiger partial charge is 0.469 e. The van der Waals surface area contributed by atoms with Crippen LogP contribution in [0.2, 0.25) is 0 Å². The van der Waals surface area contributed by atoms with Crippen molar-refractivity contribution in [1.29, 1.82) is 0 Å². The maximum Gasteiger partial charge on any atom is 0.407 e. The van der Waals surface area contributed by atoms with Crippen molar-refractivity contribution in [1.82, 2.24) is 10.6 Å². The van der Waals surface area contributed by atoms with Crippen LogP contribution in [0, 0.1) is 5.92 Å². The zero-order chi connectivity index (χ0) is 40.7. The molecule has 20 heteroatoms. The fourth-order valence-electron chi connectivity index (χ4n) is 3.36. The van der Waals surface area contributed by atoms with E-state index in [1.807, 2.05) is 0 Å². The molecule has 2 unspecified atom stereocenters. The molecule has 20 nitrogen and oxygen atoms in total. The molecule has 306 valence electrons. The number of ether oxygens (including phenoxy) is 10. The van der Waals surface area contributed by atoms with E-state index >= 15 is 0 Å². The number of alkyl carbamates (subject to hydrolysis) is 2. The van der Waals surface area contributed by atoms with Gasteiger partial charge in [0.25, 0.3) is 0 Å². The Balaban J connectivity index is 4.48. The van der Waals surface area contributed by atoms with E-state index in [-0.39, 0.29) is 89.2 Å². The Morgan fingerprint density at radius 2 is 1.02 bits per heavy atom. The van der Waals surface area contributed by atoms with Gasteiger partial charge in [0, 0.05) is 29.9 Å². The summed E-state index contributed by atoms with van der Waals surface area (Å²) in [5.41, 5.74) is 0.408. The number of carbonyl (C=O) groups is 8. The first kappa shape index (κ1) is 48.8. The molecule has 0 saturated carbocycles. The third kappa shape index (κ3) is 28.4. The summed E-state index contributed by atoms with van der Waals surface area (Å²) in [7, 11) is 1.26. The minimum Gasteiger partial charge on any atom is -0.469 e. The number of methoxy groups -OCH3 is 1. The summed E-state index contributed by atoms with van der Waals surface area (Å²) in [4.78, 5) is 93.6. The minimum atomic E-state index is -1.03. The lowest BCUT2D eigenvalue weighted by Crippen LogP contribution is -2.33. The summed E-state index contributed by atoms with van der Waals surface area (Å²) in [6.45, 7) is 9.52. The number of rotatable bonds is 29. The van der Waals surface area contributed by atoms with Gasteiger partial charge in [0.05, 0.1) is 53.2 Å². The molecular weight excluding hydrogens is 724 g/mol. The van der Waals surface area contributed by atoms with Crippen LogP contribution in [0.4, 0.5) is 9.59 Å². The zero-order valence-electron chi connectivity index (χ0n) is 31.2. The van der Waals surface area contributed by atoms with Crippen LogP contribution in [0.1, 0.15) is 46.5 Å². The third-order valence-electron chi connectivity index (χ3n) is 6.12. The van der Waals surface area contributed by atoms with Crippen LogP contribution in [0.3, 0.4) is 0 Å². The van der Waals surface area contributed by atoms with Gasteiger partial charge in [0.15, 0.2) is 19.3 Å². The molecule has 2 amide bonds. The first-order valence-corrected chi connectivity index (χ1v) is 16.8. The highest BCUT2D eigenvalue weighted by atomic mass is 16.6. The second kappa shape index (κ2) is 30.2. The van der Waals surface area contributed by atoms with Gasteiger partial charge in [0.2, 0.25) is 0 Å². The first-order chi connectivity index (χ1) is 25.6. The average molecular weight is 777 g/mol. The van der Waals surface area contributed by atoms with E-state index in [2.05, 4.69) is 28.5 Å². The molecular formula is C34H52N2O18. The molecule has 0 aliphatic heterocycles. The highest BCUT2D eigenvalue weighted by Crippen LogP contribution is 2.06. The first-order valence-electron chi connectivity index (χ1n) is 16.8. The maximum absolute atomic E-state index is 12.4. The fourth-order valence-corrected chi connectivity index (χ4v) is 3.36. The minimum absolute atomic E-state index is 0.0217. The van der Waals surface area contributed by atoms with Crippen molar-refractivity contribution in [3.8, 4) is 0 Å². The average Bonchev–Trinajstić information content (AvgIpc) is 3.13. The molecule has 0 rings (SSSR count). The lowest BCUT2D eigenvalue weighted by atomic mass is 10.2. The number of nitrogens with one attached hydrogen (secondary N) is 2. The van der Waals surface area contributed by atoms with Gasteiger partial charge in [0.1, 0.15) is 19.8 Å². The standard InChI is InChI=1S/C34H52N2O18/c1-23(2)31(41)48-13-11-35-33(43)52-21-29(39)50-18-25(5)17-46-15-16-47-19-26(54-28(38)10-8-7-9-27(37)45-6)20-51-30(40)22-53-34(44)36-12-14-49-32(42)24(3)4/h25-26H,1,3,7-22H2,2,4-6H3,(H,35,43)(H,36,44). The van der Waals surface area contributed by atoms with Crippen LogP contribution in [0.15, 0.2) is 24.3 Å². The summed E-state index contributed by atoms with van der Waals surface area (Å²) < 4.78 is 50.2. The Hall–Kier alpha value is -5.24. The van der Waals surface area contributed by atoms with E-state index in [1.165, 1.54) is 21.0 Å². The smallest absolute Gasteiger partial charge is 0.407 e. The quantitative estimate of drug-likeness (QED) is 0.0466. The van der Waals surface area contributed by atoms with E-state index in [0.29, 0.717) is 12.8 Å². The van der Waals surface area contributed by atoms with Crippen molar-refractivity contribution in [2.45, 2.75) is 52.6 Å². The fraction of sp³-hybridized carbons (Fsp3) is 0.647. The van der Waals surface area contributed by atoms with E-state index in [1.54, 1.807) is 6.92 Å². The summed E-state index contributed by atoms with van der Waals surface area (Å²) >= 11 is 0. The molecule has 0 bridgehead atoms. The van der Waals surface area contributed by atoms with Crippen molar-refractivity contribution in [3.63, 3.8) is 0 Å². The summed E-state index contributed by atoms with van der Waals surface area (Å²) in [5.74, 6) is -4.22. The number of unbranched alkanes of at least 4 members (excludes halogenated alkanes) is 1. The molecule has 2 N–H and O–H groups in total. The molecule has 0 saturated heterocycles. The predicted molar refractivity (Wildman–Crippen MR) is 183 cm³/mol. The molecule has 0 spiro atoms. The van der Waals surface area contributed by atoms with Gasteiger partial charge < -0.3 is 58.0 Å². The highest BCUT2D eigenvalue weighted by Gasteiger charge is 2.19. The topological polar surface area (TPSA) is 253 Å². The lowest BCUT2D eigenvalue weighted by Gasteiger charge is -2.18. The van der Waals surface area contributed by atoms with E-state index < -0.39 is 73.9 Å². The second-order valence-corrected chi connectivity index (χ2v) is 11.4. The highest BCUT2D eigenvalue weighted by molar-refractivity contribution is 5.87. The van der Waals surface area contributed by atoms with E-state index in [0.717, 1.165) is 0 Å². The van der Waals surface area contributed by atoms with Gasteiger partial charge in [-0.2, -0.15) is 0 Å². The van der Waals surface area contributed by atoms with Gasteiger partial charge in [-0.05, 0) is 26.7 Å². The van der Waals surface area contributed by atoms with Gasteiger partial charge in [-0.1, -0.05) is 20.1 Å². The number of esters is 6. The summed E-state index contributed by atoms with van der Waals surface area (Å²) in [6.07, 6.45) is -2.04. The van der Waals surface area contributed by atoms with Crippen LogP contribution in [-0.4, -0.2) is 140 Å². The molecule has 0 aromatic heterocycles. The molecule has 0 fully saturated rings. The van der Waals surface area contributed by atoms with Crippen LogP contribution in [0.25, 0.3) is 0 Å². The molecule has 0 aromatic rings. The Bertz CT molecular complexity index is 1250. The molecule has 0 radical (unpaired) electrons. The van der Waals surface area contributed by atoms with Crippen molar-refractivity contribution >= 4 is 48.0 Å². The number of carbonyl (C=O) groups excluding carboxylic acids is 8. The maximum atomic E-state index is 12.4. The van der Waals surface area contributed by atoms with Crippen molar-refractivity contribution in [3.05, 3.63) is 24.3 Å². The van der Waals surface area contributed by atoms with Gasteiger partial charge in [-0.15, -0.1) is 0 Å². The van der Waals surface area contributed by atoms with E-state index in [9.17, 15) is 38.4 Å². The summed E-state index contributed by atoms with van der Waals surface area (Å²) in [6, 6.07) is 0. The molecule has 0 aliphatic rings. The molecule has 0 heterocycles. The monoisotopic (exact) mass is 776 g/mol. The van der Waals surface area contributed by atoms with Crippen LogP contribution in [-0.2, 0) is 76.1 Å². The van der Waals surface area contributed by atoms with E-state index in [4.69, 9.17) is 42.6 Å². The van der Waals surface area contributed by atoms with Gasteiger partial charge in [-0.25, -0.2) is 28.8 Å². The summed E-state index contributed by atoms with van der Waals surface area (Å²) in [5, 5.41) is 4.59. The Labute approximate surface area is 313 Å². The number of hydrogen-bond acceptors (Lipinski definition) is 18. The zero-order valence-corrected chi connectivity index (χ0v) is 31.2. The third-order valence-corrected chi connectivity index (χ3v) is 6.12. The normalized spacial score (nSPS) is 11.4. The Morgan fingerprint density at radius 3 is 1.50 bits per heavy atom. The lowest BCUT2D eigenvalue weighted by molar-refractivity contribution is -0.164. The van der Waals surface area contributed by atoms with Crippen LogP contribution in [0.5, 0.6) is 0 Å². The number of amides is 2. The Morgan fingerprint density at radius 1 is 0.556 bits per heavy atom. The van der Waals surface area contributed by atoms with Crippen molar-refractivity contribution < 1.29 is 85.7 Å². The predicted octanol–water partition coefficient (Wildman–Crippen LogP) is 1.08. The number of hydrogen-bond donors (Lipinski definition) is 2. The Kier molecular flexibility index (Phi) is 27.3. The van der Waals surface area contributed by atoms with Crippen molar-refractivity contribution in [2.75, 3.05) is 86.3 Å². The molecule has 0 aliphatic carbocycles. The van der Waals surface area contributed by atoms with Crippen LogP contribution < -0.4 is 10.6 Å². The molecule has 54 heavy (non-hydrogen) atoms. The second-order valence-electron chi connectivity index (χ2n) is 11.4. The van der Waals surface area contributed by atoms with Gasteiger partial charge in [-0.3, -0.25) is 9.59 Å². The van der Waals surface area contributed by atoms with Crippen molar-refractivity contribution in [2.24, 2.45) is 5.92 Å². The molecule has 2 atom stereocenters. The SMILES string of the molecule is C=C(C)C(=O)OCCNC(=O)OCC(=O)OCC(C)COCCOCC(COC(=O)COC(=O)NCCOC(=O)C(=C)C)OC(=O)CCCCC(=O)OC. The molecule has 0 aromatic carbocycles. The van der Waals surface area contributed by atoms with Crippen LogP contribution >= 0.6 is 0 Å². The van der Waals surface area contributed by atoms with Gasteiger partial charge >= 0.3 is 48.0 Å².